The lowest BCUT2D eigenvalue weighted by atomic mass is 10.1. The van der Waals surface area contributed by atoms with Crippen molar-refractivity contribution in [2.24, 2.45) is 0 Å². The fourth-order valence-electron chi connectivity index (χ4n) is 1.89. The van der Waals surface area contributed by atoms with Crippen molar-refractivity contribution in [2.75, 3.05) is 24.6 Å². The molecule has 0 aliphatic rings. The molecular formula is C14H17N3O4. The van der Waals surface area contributed by atoms with Gasteiger partial charge in [0.1, 0.15) is 18.2 Å². The van der Waals surface area contributed by atoms with Gasteiger partial charge < -0.3 is 9.64 Å². The van der Waals surface area contributed by atoms with E-state index >= 15 is 0 Å². The minimum atomic E-state index is -0.601. The van der Waals surface area contributed by atoms with Crippen LogP contribution in [0.5, 0.6) is 0 Å². The molecular weight excluding hydrogens is 274 g/mol. The van der Waals surface area contributed by atoms with Gasteiger partial charge in [0.05, 0.1) is 11.5 Å². The molecule has 0 saturated heterocycles. The first-order valence-corrected chi connectivity index (χ1v) is 6.62. The van der Waals surface area contributed by atoms with Gasteiger partial charge in [0.2, 0.25) is 0 Å². The van der Waals surface area contributed by atoms with Crippen molar-refractivity contribution in [3.63, 3.8) is 0 Å². The summed E-state index contributed by atoms with van der Waals surface area (Å²) in [7, 11) is 0. The number of nitro groups is 1. The van der Waals surface area contributed by atoms with E-state index < -0.39 is 10.9 Å². The number of rotatable bonds is 7. The Bertz CT molecular complexity index is 566. The molecule has 0 radical (unpaired) electrons. The van der Waals surface area contributed by atoms with E-state index in [1.807, 2.05) is 6.92 Å². The second kappa shape index (κ2) is 7.85. The van der Waals surface area contributed by atoms with Crippen LogP contribution in [0, 0.1) is 21.4 Å². The molecule has 0 heterocycles. The zero-order chi connectivity index (χ0) is 15.8. The van der Waals surface area contributed by atoms with E-state index in [1.165, 1.54) is 12.1 Å². The Labute approximate surface area is 122 Å². The molecule has 1 aromatic carbocycles. The minimum Gasteiger partial charge on any atom is -0.465 e. The summed E-state index contributed by atoms with van der Waals surface area (Å²) in [4.78, 5) is 23.7. The lowest BCUT2D eigenvalue weighted by Crippen LogP contribution is -2.31. The van der Waals surface area contributed by atoms with Gasteiger partial charge in [-0.15, -0.1) is 0 Å². The summed E-state index contributed by atoms with van der Waals surface area (Å²) >= 11 is 0. The quantitative estimate of drug-likeness (QED) is 0.434. The average molecular weight is 291 g/mol. The fraction of sp³-hybridized carbons (Fsp3) is 0.429. The van der Waals surface area contributed by atoms with Crippen LogP contribution in [0.4, 0.5) is 11.4 Å². The molecule has 1 aromatic rings. The largest absolute Gasteiger partial charge is 0.465 e. The standard InChI is InChI=1S/C14H17N3O4/c1-3-7-16(10-14(18)21-4-2)12-6-5-11(9-15)13(8-12)17(19)20/h5-6,8H,3-4,7,10H2,1-2H3. The maximum absolute atomic E-state index is 11.6. The van der Waals surface area contributed by atoms with Crippen molar-refractivity contribution in [2.45, 2.75) is 20.3 Å². The van der Waals surface area contributed by atoms with Gasteiger partial charge in [-0.05, 0) is 25.5 Å². The smallest absolute Gasteiger partial charge is 0.325 e. The molecule has 0 aromatic heterocycles. The molecule has 1 rings (SSSR count). The lowest BCUT2D eigenvalue weighted by Gasteiger charge is -2.23. The molecule has 0 bridgehead atoms. The highest BCUT2D eigenvalue weighted by Gasteiger charge is 2.18. The Balaban J connectivity index is 3.08. The van der Waals surface area contributed by atoms with Crippen LogP contribution in [-0.2, 0) is 9.53 Å². The van der Waals surface area contributed by atoms with E-state index in [-0.39, 0.29) is 24.4 Å². The first-order chi connectivity index (χ1) is 10.0. The maximum Gasteiger partial charge on any atom is 0.325 e. The molecule has 112 valence electrons. The van der Waals surface area contributed by atoms with Crippen molar-refractivity contribution in [1.82, 2.24) is 0 Å². The van der Waals surface area contributed by atoms with E-state index in [0.29, 0.717) is 12.2 Å². The van der Waals surface area contributed by atoms with Gasteiger partial charge in [-0.2, -0.15) is 5.26 Å². The SMILES string of the molecule is CCCN(CC(=O)OCC)c1ccc(C#N)c([N+](=O)[O-])c1. The first-order valence-electron chi connectivity index (χ1n) is 6.62. The Morgan fingerprint density at radius 2 is 2.19 bits per heavy atom. The van der Waals surface area contributed by atoms with Crippen LogP contribution in [-0.4, -0.2) is 30.6 Å². The Hall–Kier alpha value is -2.62. The number of nitrogens with zero attached hydrogens (tertiary/aromatic N) is 3. The van der Waals surface area contributed by atoms with Crippen LogP contribution >= 0.6 is 0 Å². The number of hydrogen-bond acceptors (Lipinski definition) is 6. The summed E-state index contributed by atoms with van der Waals surface area (Å²) in [6, 6.07) is 6.09. The monoisotopic (exact) mass is 291 g/mol. The van der Waals surface area contributed by atoms with Gasteiger partial charge in [0.25, 0.3) is 5.69 Å². The Kier molecular flexibility index (Phi) is 6.14. The maximum atomic E-state index is 11.6. The van der Waals surface area contributed by atoms with Gasteiger partial charge in [0.15, 0.2) is 0 Å². The number of hydrogen-bond donors (Lipinski definition) is 0. The number of ether oxygens (including phenoxy) is 1. The van der Waals surface area contributed by atoms with E-state index in [0.717, 1.165) is 6.42 Å². The molecule has 0 atom stereocenters. The lowest BCUT2D eigenvalue weighted by molar-refractivity contribution is -0.385. The molecule has 0 unspecified atom stereocenters. The van der Waals surface area contributed by atoms with E-state index in [9.17, 15) is 14.9 Å². The van der Waals surface area contributed by atoms with Gasteiger partial charge in [-0.25, -0.2) is 0 Å². The zero-order valence-electron chi connectivity index (χ0n) is 12.0. The predicted molar refractivity (Wildman–Crippen MR) is 76.9 cm³/mol. The summed E-state index contributed by atoms with van der Waals surface area (Å²) in [6.07, 6.45) is 0.771. The molecule has 21 heavy (non-hydrogen) atoms. The van der Waals surface area contributed by atoms with E-state index in [4.69, 9.17) is 10.00 Å². The molecule has 0 aliphatic carbocycles. The van der Waals surface area contributed by atoms with Crippen molar-refractivity contribution in [1.29, 1.82) is 5.26 Å². The Morgan fingerprint density at radius 3 is 2.71 bits per heavy atom. The van der Waals surface area contributed by atoms with Gasteiger partial charge in [-0.3, -0.25) is 14.9 Å². The summed E-state index contributed by atoms with van der Waals surface area (Å²) in [5.74, 6) is -0.391. The number of benzene rings is 1. The molecule has 0 fully saturated rings. The second-order valence-corrected chi connectivity index (χ2v) is 4.30. The fourth-order valence-corrected chi connectivity index (χ4v) is 1.89. The number of nitriles is 1. The molecule has 0 N–H and O–H groups in total. The van der Waals surface area contributed by atoms with Crippen molar-refractivity contribution in [3.05, 3.63) is 33.9 Å². The van der Waals surface area contributed by atoms with Crippen molar-refractivity contribution >= 4 is 17.3 Å². The molecule has 0 spiro atoms. The first kappa shape index (κ1) is 16.4. The third-order valence-corrected chi connectivity index (χ3v) is 2.78. The molecule has 0 aliphatic heterocycles. The van der Waals surface area contributed by atoms with Crippen LogP contribution in [0.2, 0.25) is 0 Å². The molecule has 7 heteroatoms. The summed E-state index contributed by atoms with van der Waals surface area (Å²) < 4.78 is 4.90. The van der Waals surface area contributed by atoms with Crippen LogP contribution in [0.1, 0.15) is 25.8 Å². The summed E-state index contributed by atoms with van der Waals surface area (Å²) in [6.45, 7) is 4.52. The van der Waals surface area contributed by atoms with Gasteiger partial charge >= 0.3 is 5.97 Å². The third-order valence-electron chi connectivity index (χ3n) is 2.78. The predicted octanol–water partition coefficient (Wildman–Crippen LogP) is 2.25. The van der Waals surface area contributed by atoms with Gasteiger partial charge in [0, 0.05) is 18.3 Å². The number of anilines is 1. The molecule has 7 nitrogen and oxygen atoms in total. The van der Waals surface area contributed by atoms with Crippen LogP contribution in [0.15, 0.2) is 18.2 Å². The number of carbonyl (C=O) groups excluding carboxylic acids is 1. The van der Waals surface area contributed by atoms with Crippen LogP contribution in [0.25, 0.3) is 0 Å². The number of esters is 1. The van der Waals surface area contributed by atoms with E-state index in [1.54, 1.807) is 24.0 Å². The highest BCUT2D eigenvalue weighted by molar-refractivity contribution is 5.76. The third kappa shape index (κ3) is 4.45. The number of nitro benzene ring substituents is 1. The summed E-state index contributed by atoms with van der Waals surface area (Å²) in [5.41, 5.74) is 0.256. The Morgan fingerprint density at radius 1 is 1.48 bits per heavy atom. The second-order valence-electron chi connectivity index (χ2n) is 4.30. The van der Waals surface area contributed by atoms with Crippen LogP contribution < -0.4 is 4.90 Å². The normalized spacial score (nSPS) is 9.76. The highest BCUT2D eigenvalue weighted by atomic mass is 16.6. The van der Waals surface area contributed by atoms with Crippen LogP contribution in [0.3, 0.4) is 0 Å². The zero-order valence-corrected chi connectivity index (χ0v) is 12.0. The van der Waals surface area contributed by atoms with Crippen molar-refractivity contribution in [3.8, 4) is 6.07 Å². The average Bonchev–Trinajstić information content (AvgIpc) is 2.46. The topological polar surface area (TPSA) is 96.5 Å². The minimum absolute atomic E-state index is 0.00340. The molecule has 0 amide bonds. The number of carbonyl (C=O) groups is 1. The summed E-state index contributed by atoms with van der Waals surface area (Å²) in [5, 5.41) is 19.9. The van der Waals surface area contributed by atoms with Crippen molar-refractivity contribution < 1.29 is 14.5 Å². The van der Waals surface area contributed by atoms with E-state index in [2.05, 4.69) is 0 Å². The van der Waals surface area contributed by atoms with Gasteiger partial charge in [-0.1, -0.05) is 6.92 Å². The molecule has 0 saturated carbocycles. The highest BCUT2D eigenvalue weighted by Crippen LogP contribution is 2.25.